The van der Waals surface area contributed by atoms with Gasteiger partial charge in [0.2, 0.25) is 0 Å². The molecule has 172 valence electrons. The Balaban J connectivity index is 1.58. The number of nitrogens with zero attached hydrogens (tertiary/aromatic N) is 4. The quantitative estimate of drug-likeness (QED) is 0.684. The molecule has 1 fully saturated rings. The van der Waals surface area contributed by atoms with Gasteiger partial charge in [-0.05, 0) is 51.0 Å². The molecule has 0 saturated carbocycles. The van der Waals surface area contributed by atoms with Crippen molar-refractivity contribution in [2.24, 2.45) is 0 Å². The summed E-state index contributed by atoms with van der Waals surface area (Å²) in [7, 11) is 7.60. The summed E-state index contributed by atoms with van der Waals surface area (Å²) in [6.07, 6.45) is 1.54. The number of ether oxygens (including phenoxy) is 1. The number of carbonyl (C=O) groups is 2. The van der Waals surface area contributed by atoms with Gasteiger partial charge in [-0.1, -0.05) is 12.1 Å². The summed E-state index contributed by atoms with van der Waals surface area (Å²) in [6.45, 7) is 3.45. The molecular weight excluding hydrogens is 408 g/mol. The molecule has 2 heterocycles. The van der Waals surface area contributed by atoms with Crippen molar-refractivity contribution in [3.05, 3.63) is 53.9 Å². The van der Waals surface area contributed by atoms with Gasteiger partial charge in [-0.25, -0.2) is 4.79 Å². The van der Waals surface area contributed by atoms with E-state index in [1.165, 1.54) is 0 Å². The van der Waals surface area contributed by atoms with Crippen molar-refractivity contribution in [3.63, 3.8) is 0 Å². The van der Waals surface area contributed by atoms with E-state index in [9.17, 15) is 9.59 Å². The lowest BCUT2D eigenvalue weighted by Gasteiger charge is -2.32. The number of amides is 3. The number of pyridine rings is 1. The average molecular weight is 441 g/mol. The second kappa shape index (κ2) is 10.9. The fourth-order valence-corrected chi connectivity index (χ4v) is 3.59. The highest BCUT2D eigenvalue weighted by atomic mass is 16.5. The third-order valence-electron chi connectivity index (χ3n) is 5.61. The minimum absolute atomic E-state index is 0.00142. The van der Waals surface area contributed by atoms with Crippen LogP contribution in [0.4, 0.5) is 10.5 Å². The van der Waals surface area contributed by atoms with Gasteiger partial charge in [0, 0.05) is 44.6 Å². The van der Waals surface area contributed by atoms with Crippen LogP contribution in [0.3, 0.4) is 0 Å². The minimum Gasteiger partial charge on any atom is -0.497 e. The molecule has 0 aliphatic carbocycles. The van der Waals surface area contributed by atoms with Crippen LogP contribution >= 0.6 is 0 Å². The first-order chi connectivity index (χ1) is 15.4. The number of nitrogens with one attached hydrogen (secondary N) is 2. The van der Waals surface area contributed by atoms with Gasteiger partial charge < -0.3 is 30.1 Å². The first kappa shape index (κ1) is 23.5. The summed E-state index contributed by atoms with van der Waals surface area (Å²) in [6, 6.07) is 10.7. The van der Waals surface area contributed by atoms with Gasteiger partial charge in [-0.2, -0.15) is 0 Å². The molecule has 32 heavy (non-hydrogen) atoms. The number of piperazine rings is 1. The molecule has 0 spiro atoms. The highest BCUT2D eigenvalue weighted by Gasteiger charge is 2.22. The molecule has 0 bridgehead atoms. The number of aromatic nitrogens is 1. The Morgan fingerprint density at radius 2 is 1.81 bits per heavy atom. The number of carbonyl (C=O) groups excluding carboxylic acids is 2. The molecule has 0 radical (unpaired) electrons. The minimum atomic E-state index is -0.338. The van der Waals surface area contributed by atoms with Crippen LogP contribution in [0.5, 0.6) is 5.75 Å². The van der Waals surface area contributed by atoms with Gasteiger partial charge >= 0.3 is 6.03 Å². The second-order valence-electron chi connectivity index (χ2n) is 8.11. The van der Waals surface area contributed by atoms with Crippen molar-refractivity contribution < 1.29 is 14.3 Å². The Labute approximate surface area is 189 Å². The summed E-state index contributed by atoms with van der Waals surface area (Å²) in [5.41, 5.74) is 1.93. The van der Waals surface area contributed by atoms with E-state index in [4.69, 9.17) is 4.74 Å². The lowest BCUT2D eigenvalue weighted by molar-refractivity contribution is 0.0658. The Bertz CT molecular complexity index is 910. The van der Waals surface area contributed by atoms with Crippen molar-refractivity contribution in [3.8, 4) is 5.75 Å². The van der Waals surface area contributed by atoms with E-state index in [-0.39, 0.29) is 18.0 Å². The zero-order valence-electron chi connectivity index (χ0n) is 19.2. The largest absolute Gasteiger partial charge is 0.497 e. The molecule has 0 unspecified atom stereocenters. The van der Waals surface area contributed by atoms with Crippen LogP contribution in [0, 0.1) is 0 Å². The SMILES string of the molecule is COc1ccc([C@@H](CNC(=O)Nc2ccnc(C(=O)N3CCN(C)CC3)c2)N(C)C)cc1. The van der Waals surface area contributed by atoms with E-state index in [1.54, 1.807) is 30.3 Å². The summed E-state index contributed by atoms with van der Waals surface area (Å²) >= 11 is 0. The Morgan fingerprint density at radius 3 is 2.44 bits per heavy atom. The van der Waals surface area contributed by atoms with Crippen LogP contribution in [0.15, 0.2) is 42.6 Å². The van der Waals surface area contributed by atoms with Crippen molar-refractivity contribution in [2.45, 2.75) is 6.04 Å². The third-order valence-corrected chi connectivity index (χ3v) is 5.61. The summed E-state index contributed by atoms with van der Waals surface area (Å²) in [4.78, 5) is 35.5. The molecule has 3 rings (SSSR count). The van der Waals surface area contributed by atoms with Crippen molar-refractivity contribution in [1.82, 2.24) is 25.0 Å². The number of hydrogen-bond donors (Lipinski definition) is 2. The normalized spacial score (nSPS) is 15.3. The first-order valence-electron chi connectivity index (χ1n) is 10.7. The summed E-state index contributed by atoms with van der Waals surface area (Å²) in [5, 5.41) is 5.72. The summed E-state index contributed by atoms with van der Waals surface area (Å²) in [5.74, 6) is 0.672. The average Bonchev–Trinajstić information content (AvgIpc) is 2.79. The highest BCUT2D eigenvalue weighted by Crippen LogP contribution is 2.21. The van der Waals surface area contributed by atoms with E-state index in [0.29, 0.717) is 31.0 Å². The molecular formula is C23H32N6O3. The zero-order chi connectivity index (χ0) is 23.1. The van der Waals surface area contributed by atoms with Crippen molar-refractivity contribution in [2.75, 3.05) is 66.3 Å². The van der Waals surface area contributed by atoms with E-state index >= 15 is 0 Å². The molecule has 2 aromatic rings. The van der Waals surface area contributed by atoms with Gasteiger partial charge in [-0.15, -0.1) is 0 Å². The molecule has 9 heteroatoms. The number of hydrogen-bond acceptors (Lipinski definition) is 6. The smallest absolute Gasteiger partial charge is 0.319 e. The van der Waals surface area contributed by atoms with Crippen LogP contribution in [0.2, 0.25) is 0 Å². The number of urea groups is 1. The molecule has 1 aromatic heterocycles. The molecule has 1 aromatic carbocycles. The van der Waals surface area contributed by atoms with Gasteiger partial charge in [0.25, 0.3) is 5.91 Å². The summed E-state index contributed by atoms with van der Waals surface area (Å²) < 4.78 is 5.22. The lowest BCUT2D eigenvalue weighted by Crippen LogP contribution is -2.47. The number of methoxy groups -OCH3 is 1. The van der Waals surface area contributed by atoms with Crippen LogP contribution in [0.1, 0.15) is 22.1 Å². The van der Waals surface area contributed by atoms with E-state index < -0.39 is 0 Å². The monoisotopic (exact) mass is 440 g/mol. The molecule has 1 atom stereocenters. The fraction of sp³-hybridized carbons (Fsp3) is 0.435. The van der Waals surface area contributed by atoms with Gasteiger partial charge in [0.1, 0.15) is 11.4 Å². The van der Waals surface area contributed by atoms with E-state index in [2.05, 4.69) is 20.5 Å². The van der Waals surface area contributed by atoms with Crippen LogP contribution < -0.4 is 15.4 Å². The molecule has 1 saturated heterocycles. The van der Waals surface area contributed by atoms with Crippen LogP contribution in [-0.4, -0.2) is 92.6 Å². The van der Waals surface area contributed by atoms with Crippen LogP contribution in [0.25, 0.3) is 0 Å². The standard InChI is InChI=1S/C23H32N6O3/c1-27(2)21(17-5-7-19(32-4)8-6-17)16-25-23(31)26-18-9-10-24-20(15-18)22(30)29-13-11-28(3)12-14-29/h5-10,15,21H,11-14,16H2,1-4H3,(H2,24,25,26,31)/t21-/m1/s1. The molecule has 2 N–H and O–H groups in total. The van der Waals surface area contributed by atoms with Gasteiger partial charge in [0.15, 0.2) is 0 Å². The van der Waals surface area contributed by atoms with Crippen molar-refractivity contribution >= 4 is 17.6 Å². The van der Waals surface area contributed by atoms with E-state index in [0.717, 1.165) is 24.4 Å². The van der Waals surface area contributed by atoms with Crippen LogP contribution in [-0.2, 0) is 0 Å². The Morgan fingerprint density at radius 1 is 1.12 bits per heavy atom. The first-order valence-corrected chi connectivity index (χ1v) is 10.7. The Hall–Kier alpha value is -3.17. The molecule has 9 nitrogen and oxygen atoms in total. The third kappa shape index (κ3) is 6.18. The molecule has 1 aliphatic rings. The topological polar surface area (TPSA) is 90.0 Å². The number of likely N-dealkylation sites (N-methyl/N-ethyl adjacent to an activating group) is 2. The molecule has 3 amide bonds. The fourth-order valence-electron chi connectivity index (χ4n) is 3.59. The van der Waals surface area contributed by atoms with Gasteiger partial charge in [0.05, 0.1) is 13.2 Å². The lowest BCUT2D eigenvalue weighted by atomic mass is 10.1. The predicted molar refractivity (Wildman–Crippen MR) is 124 cm³/mol. The Kier molecular flexibility index (Phi) is 8.02. The molecule has 1 aliphatic heterocycles. The second-order valence-corrected chi connectivity index (χ2v) is 8.11. The maximum absolute atomic E-state index is 12.7. The van der Waals surface area contributed by atoms with Crippen molar-refractivity contribution in [1.29, 1.82) is 0 Å². The maximum Gasteiger partial charge on any atom is 0.319 e. The number of anilines is 1. The van der Waals surface area contributed by atoms with Gasteiger partial charge in [-0.3, -0.25) is 9.78 Å². The highest BCUT2D eigenvalue weighted by molar-refractivity contribution is 5.95. The number of rotatable bonds is 7. The maximum atomic E-state index is 12.7. The zero-order valence-corrected chi connectivity index (χ0v) is 19.2. The van der Waals surface area contributed by atoms with E-state index in [1.807, 2.05) is 50.3 Å². The predicted octanol–water partition coefficient (Wildman–Crippen LogP) is 1.90. The number of benzene rings is 1.